The molecule has 0 saturated carbocycles. The molecule has 1 unspecified atom stereocenters. The summed E-state index contributed by atoms with van der Waals surface area (Å²) >= 11 is 6.29. The Labute approximate surface area is 96.6 Å². The minimum absolute atomic E-state index is 0.453. The van der Waals surface area contributed by atoms with Gasteiger partial charge in [0.15, 0.2) is 0 Å². The minimum Gasteiger partial charge on any atom is -0.330 e. The first-order valence-electron chi connectivity index (χ1n) is 5.58. The van der Waals surface area contributed by atoms with Crippen LogP contribution in [0.5, 0.6) is 0 Å². The van der Waals surface area contributed by atoms with Crippen molar-refractivity contribution in [2.45, 2.75) is 40.2 Å². The SMILES string of the molecule is CCc1nn(CC)c(CC(C)CN)c1Cl. The average molecular weight is 230 g/mol. The molecule has 0 amide bonds. The predicted molar refractivity (Wildman–Crippen MR) is 64.2 cm³/mol. The van der Waals surface area contributed by atoms with Gasteiger partial charge >= 0.3 is 0 Å². The maximum atomic E-state index is 6.29. The Bertz CT molecular complexity index is 320. The van der Waals surface area contributed by atoms with Crippen LogP contribution in [0.25, 0.3) is 0 Å². The van der Waals surface area contributed by atoms with E-state index in [9.17, 15) is 0 Å². The van der Waals surface area contributed by atoms with Gasteiger partial charge in [-0.15, -0.1) is 0 Å². The van der Waals surface area contributed by atoms with E-state index in [2.05, 4.69) is 25.9 Å². The molecule has 1 rings (SSSR count). The normalized spacial score (nSPS) is 13.1. The van der Waals surface area contributed by atoms with Crippen LogP contribution in [-0.2, 0) is 19.4 Å². The predicted octanol–water partition coefficient (Wildman–Crippen LogP) is 2.26. The van der Waals surface area contributed by atoms with Crippen molar-refractivity contribution in [3.63, 3.8) is 0 Å². The summed E-state index contributed by atoms with van der Waals surface area (Å²) in [4.78, 5) is 0. The second kappa shape index (κ2) is 5.52. The molecule has 0 bridgehead atoms. The van der Waals surface area contributed by atoms with E-state index in [0.29, 0.717) is 12.5 Å². The highest BCUT2D eigenvalue weighted by molar-refractivity contribution is 6.31. The fraction of sp³-hybridized carbons (Fsp3) is 0.727. The molecular formula is C11H20ClN3. The molecule has 0 aliphatic heterocycles. The molecule has 15 heavy (non-hydrogen) atoms. The number of nitrogens with two attached hydrogens (primary N) is 1. The van der Waals surface area contributed by atoms with Crippen molar-refractivity contribution in [1.29, 1.82) is 0 Å². The fourth-order valence-corrected chi connectivity index (χ4v) is 1.97. The number of hydrogen-bond donors (Lipinski definition) is 1. The van der Waals surface area contributed by atoms with Crippen LogP contribution >= 0.6 is 11.6 Å². The third kappa shape index (κ3) is 2.73. The maximum absolute atomic E-state index is 6.29. The molecule has 0 aliphatic rings. The number of rotatable bonds is 5. The van der Waals surface area contributed by atoms with Gasteiger partial charge in [0.25, 0.3) is 0 Å². The van der Waals surface area contributed by atoms with Crippen molar-refractivity contribution in [3.05, 3.63) is 16.4 Å². The molecule has 1 atom stereocenters. The maximum Gasteiger partial charge on any atom is 0.0849 e. The molecule has 0 radical (unpaired) electrons. The lowest BCUT2D eigenvalue weighted by atomic mass is 10.1. The average Bonchev–Trinajstić information content (AvgIpc) is 2.55. The van der Waals surface area contributed by atoms with Gasteiger partial charge in [-0.05, 0) is 32.2 Å². The first-order chi connectivity index (χ1) is 7.13. The van der Waals surface area contributed by atoms with E-state index in [1.165, 1.54) is 0 Å². The van der Waals surface area contributed by atoms with Crippen LogP contribution in [0.1, 0.15) is 32.2 Å². The molecule has 2 N–H and O–H groups in total. The van der Waals surface area contributed by atoms with E-state index in [0.717, 1.165) is 35.8 Å². The van der Waals surface area contributed by atoms with Crippen LogP contribution in [0.4, 0.5) is 0 Å². The second-order valence-corrected chi connectivity index (χ2v) is 4.30. The zero-order valence-corrected chi connectivity index (χ0v) is 10.5. The number of aryl methyl sites for hydroxylation is 2. The summed E-state index contributed by atoms with van der Waals surface area (Å²) in [5.41, 5.74) is 7.76. The summed E-state index contributed by atoms with van der Waals surface area (Å²) in [5.74, 6) is 0.453. The third-order valence-electron chi connectivity index (χ3n) is 2.64. The van der Waals surface area contributed by atoms with E-state index in [1.54, 1.807) is 0 Å². The number of halogens is 1. The second-order valence-electron chi connectivity index (χ2n) is 3.92. The summed E-state index contributed by atoms with van der Waals surface area (Å²) in [7, 11) is 0. The lowest BCUT2D eigenvalue weighted by Gasteiger charge is -2.10. The van der Waals surface area contributed by atoms with Crippen molar-refractivity contribution >= 4 is 11.6 Å². The highest BCUT2D eigenvalue weighted by atomic mass is 35.5. The lowest BCUT2D eigenvalue weighted by Crippen LogP contribution is -2.15. The van der Waals surface area contributed by atoms with Crippen LogP contribution in [-0.4, -0.2) is 16.3 Å². The Morgan fingerprint density at radius 3 is 2.60 bits per heavy atom. The summed E-state index contributed by atoms with van der Waals surface area (Å²) in [6.45, 7) is 7.84. The fourth-order valence-electron chi connectivity index (χ4n) is 1.63. The smallest absolute Gasteiger partial charge is 0.0849 e. The van der Waals surface area contributed by atoms with Gasteiger partial charge < -0.3 is 5.73 Å². The zero-order chi connectivity index (χ0) is 11.4. The first kappa shape index (κ1) is 12.5. The van der Waals surface area contributed by atoms with Crippen molar-refractivity contribution in [3.8, 4) is 0 Å². The summed E-state index contributed by atoms with van der Waals surface area (Å²) in [6.07, 6.45) is 1.80. The largest absolute Gasteiger partial charge is 0.330 e. The lowest BCUT2D eigenvalue weighted by molar-refractivity contribution is 0.537. The van der Waals surface area contributed by atoms with E-state index < -0.39 is 0 Å². The number of hydrogen-bond acceptors (Lipinski definition) is 2. The molecule has 0 fully saturated rings. The molecule has 0 saturated heterocycles. The summed E-state index contributed by atoms with van der Waals surface area (Å²) < 4.78 is 1.99. The van der Waals surface area contributed by atoms with E-state index in [4.69, 9.17) is 17.3 Å². The molecule has 0 spiro atoms. The summed E-state index contributed by atoms with van der Waals surface area (Å²) in [5, 5.41) is 5.31. The molecule has 1 heterocycles. The minimum atomic E-state index is 0.453. The van der Waals surface area contributed by atoms with Crippen LogP contribution in [0.2, 0.25) is 5.02 Å². The van der Waals surface area contributed by atoms with Gasteiger partial charge in [0.1, 0.15) is 0 Å². The van der Waals surface area contributed by atoms with Crippen LogP contribution in [0.15, 0.2) is 0 Å². The zero-order valence-electron chi connectivity index (χ0n) is 9.76. The van der Waals surface area contributed by atoms with Crippen LogP contribution in [0.3, 0.4) is 0 Å². The monoisotopic (exact) mass is 229 g/mol. The van der Waals surface area contributed by atoms with Gasteiger partial charge in [-0.2, -0.15) is 5.10 Å². The van der Waals surface area contributed by atoms with Crippen molar-refractivity contribution < 1.29 is 0 Å². The molecule has 4 heteroatoms. The Kier molecular flexibility index (Phi) is 4.61. The van der Waals surface area contributed by atoms with Crippen molar-refractivity contribution in [1.82, 2.24) is 9.78 Å². The van der Waals surface area contributed by atoms with Gasteiger partial charge in [0, 0.05) is 6.54 Å². The molecular weight excluding hydrogens is 210 g/mol. The molecule has 1 aromatic rings. The molecule has 1 aromatic heterocycles. The van der Waals surface area contributed by atoms with Gasteiger partial charge in [-0.1, -0.05) is 25.4 Å². The Morgan fingerprint density at radius 2 is 2.13 bits per heavy atom. The van der Waals surface area contributed by atoms with Gasteiger partial charge in [0.05, 0.1) is 16.4 Å². The standard InChI is InChI=1S/C11H20ClN3/c1-4-9-11(12)10(6-8(3)7-13)15(5-2)14-9/h8H,4-7,13H2,1-3H3. The number of aromatic nitrogens is 2. The third-order valence-corrected chi connectivity index (χ3v) is 3.07. The van der Waals surface area contributed by atoms with E-state index in [1.807, 2.05) is 4.68 Å². The number of nitrogens with zero attached hydrogens (tertiary/aromatic N) is 2. The van der Waals surface area contributed by atoms with Gasteiger partial charge in [-0.25, -0.2) is 0 Å². The van der Waals surface area contributed by atoms with Crippen molar-refractivity contribution in [2.24, 2.45) is 11.7 Å². The molecule has 0 aliphatic carbocycles. The Hall–Kier alpha value is -0.540. The van der Waals surface area contributed by atoms with E-state index in [-0.39, 0.29) is 0 Å². The molecule has 0 aromatic carbocycles. The quantitative estimate of drug-likeness (QED) is 0.842. The molecule has 86 valence electrons. The van der Waals surface area contributed by atoms with Gasteiger partial charge in [-0.3, -0.25) is 4.68 Å². The van der Waals surface area contributed by atoms with Crippen LogP contribution in [0, 0.1) is 5.92 Å². The topological polar surface area (TPSA) is 43.8 Å². The Morgan fingerprint density at radius 1 is 1.47 bits per heavy atom. The molecule has 3 nitrogen and oxygen atoms in total. The first-order valence-corrected chi connectivity index (χ1v) is 5.95. The highest BCUT2D eigenvalue weighted by Gasteiger charge is 2.15. The van der Waals surface area contributed by atoms with Crippen molar-refractivity contribution in [2.75, 3.05) is 6.54 Å². The Balaban J connectivity index is 2.97. The van der Waals surface area contributed by atoms with E-state index >= 15 is 0 Å². The highest BCUT2D eigenvalue weighted by Crippen LogP contribution is 2.23. The summed E-state index contributed by atoms with van der Waals surface area (Å²) in [6, 6.07) is 0. The van der Waals surface area contributed by atoms with Crippen LogP contribution < -0.4 is 5.73 Å². The van der Waals surface area contributed by atoms with Gasteiger partial charge in [0.2, 0.25) is 0 Å².